The van der Waals surface area contributed by atoms with Crippen molar-refractivity contribution in [2.45, 2.75) is 37.8 Å². The van der Waals surface area contributed by atoms with E-state index in [9.17, 15) is 0 Å². The number of rotatable bonds is 6. The van der Waals surface area contributed by atoms with E-state index in [4.69, 9.17) is 29.4 Å². The Balaban J connectivity index is 1.11. The van der Waals surface area contributed by atoms with Crippen molar-refractivity contribution in [2.75, 3.05) is 14.2 Å². The van der Waals surface area contributed by atoms with Crippen molar-refractivity contribution >= 4 is 43.6 Å². The molecular weight excluding hydrogens is 885 g/mol. The Morgan fingerprint density at radius 3 is 1.15 bits per heavy atom. The summed E-state index contributed by atoms with van der Waals surface area (Å²) in [7, 11) is 3.45. The zero-order valence-corrected chi connectivity index (χ0v) is 40.2. The van der Waals surface area contributed by atoms with Crippen molar-refractivity contribution in [1.82, 2.24) is 29.1 Å². The molecule has 15 rings (SSSR count). The summed E-state index contributed by atoms with van der Waals surface area (Å²) in [6.07, 6.45) is 7.87. The monoisotopic (exact) mass is 930 g/mol. The fraction of sp³-hybridized carbons (Fsp3) is 0.125. The number of fused-ring (bicyclic) bond motifs is 16. The third kappa shape index (κ3) is 5.15. The van der Waals surface area contributed by atoms with Gasteiger partial charge in [-0.3, -0.25) is 19.9 Å². The van der Waals surface area contributed by atoms with Gasteiger partial charge in [-0.1, -0.05) is 60.7 Å². The van der Waals surface area contributed by atoms with Gasteiger partial charge in [0.1, 0.15) is 11.5 Å². The van der Waals surface area contributed by atoms with Gasteiger partial charge in [-0.2, -0.15) is 0 Å². The Kier molecular flexibility index (Phi) is 8.43. The summed E-state index contributed by atoms with van der Waals surface area (Å²) in [6, 6.07) is 58.7. The van der Waals surface area contributed by atoms with Gasteiger partial charge in [0.15, 0.2) is 0 Å². The Bertz CT molecular complexity index is 4010. The van der Waals surface area contributed by atoms with Crippen LogP contribution in [-0.2, 0) is 23.9 Å². The maximum atomic E-state index is 5.77. The molecule has 0 fully saturated rings. The highest BCUT2D eigenvalue weighted by atomic mass is 16.5. The van der Waals surface area contributed by atoms with Crippen LogP contribution in [0.4, 0.5) is 0 Å². The third-order valence-electron chi connectivity index (χ3n) is 16.4. The maximum absolute atomic E-state index is 5.77. The molecule has 0 aliphatic heterocycles. The maximum Gasteiger partial charge on any atom is 0.118 e. The van der Waals surface area contributed by atoms with Gasteiger partial charge in [0.25, 0.3) is 0 Å². The highest BCUT2D eigenvalue weighted by Crippen LogP contribution is 2.58. The van der Waals surface area contributed by atoms with Crippen LogP contribution < -0.4 is 9.47 Å². The van der Waals surface area contributed by atoms with Crippen LogP contribution in [0.2, 0.25) is 0 Å². The number of methoxy groups -OCH3 is 2. The summed E-state index contributed by atoms with van der Waals surface area (Å²) < 4.78 is 16.4. The number of hydrogen-bond acceptors (Lipinski definition) is 6. The summed E-state index contributed by atoms with van der Waals surface area (Å²) in [4.78, 5) is 21.0. The second kappa shape index (κ2) is 14.8. The molecule has 0 saturated carbocycles. The molecule has 344 valence electrons. The molecule has 6 aromatic carbocycles. The Morgan fingerprint density at radius 2 is 0.750 bits per heavy atom. The van der Waals surface area contributed by atoms with Gasteiger partial charge in [-0.05, 0) is 155 Å². The number of pyridine rings is 4. The lowest BCUT2D eigenvalue weighted by Crippen LogP contribution is -2.28. The minimum atomic E-state index is -0.767. The van der Waals surface area contributed by atoms with Crippen LogP contribution in [0.15, 0.2) is 183 Å². The first-order valence-electron chi connectivity index (χ1n) is 24.8. The lowest BCUT2D eigenvalue weighted by Gasteiger charge is -2.34. The van der Waals surface area contributed by atoms with E-state index in [0.717, 1.165) is 114 Å². The lowest BCUT2D eigenvalue weighted by molar-refractivity contribution is 0.414. The van der Waals surface area contributed by atoms with E-state index in [2.05, 4.69) is 181 Å². The van der Waals surface area contributed by atoms with Gasteiger partial charge in [0.05, 0.1) is 47.8 Å². The van der Waals surface area contributed by atoms with E-state index in [1.165, 1.54) is 43.6 Å². The highest BCUT2D eigenvalue weighted by Gasteiger charge is 2.50. The molecule has 2 atom stereocenters. The van der Waals surface area contributed by atoms with Gasteiger partial charge in [0, 0.05) is 104 Å². The van der Waals surface area contributed by atoms with E-state index in [0.29, 0.717) is 0 Å². The van der Waals surface area contributed by atoms with Gasteiger partial charge >= 0.3 is 0 Å². The molecule has 12 aromatic rings. The molecule has 0 saturated heterocycles. The summed E-state index contributed by atoms with van der Waals surface area (Å²) in [6.45, 7) is 6.10. The van der Waals surface area contributed by atoms with Crippen molar-refractivity contribution in [3.8, 4) is 56.5 Å². The second-order valence-corrected chi connectivity index (χ2v) is 19.4. The van der Waals surface area contributed by atoms with Crippen LogP contribution in [0.25, 0.3) is 88.6 Å². The number of aromatic nitrogens is 6. The van der Waals surface area contributed by atoms with Crippen LogP contribution >= 0.6 is 0 Å². The molecule has 3 aliphatic carbocycles. The number of hydrogen-bond donors (Lipinski definition) is 0. The second-order valence-electron chi connectivity index (χ2n) is 19.4. The molecule has 0 amide bonds. The van der Waals surface area contributed by atoms with E-state index in [-0.39, 0.29) is 0 Å². The predicted octanol–water partition coefficient (Wildman–Crippen LogP) is 13.9. The first-order chi connectivity index (χ1) is 35.5. The first kappa shape index (κ1) is 41.0. The quantitative estimate of drug-likeness (QED) is 0.165. The molecule has 8 heteroatoms. The normalized spacial score (nSPS) is 16.8. The van der Waals surface area contributed by atoms with Gasteiger partial charge < -0.3 is 18.6 Å². The number of benzene rings is 6. The Hall–Kier alpha value is -8.88. The van der Waals surface area contributed by atoms with Gasteiger partial charge in [-0.15, -0.1) is 0 Å². The zero-order valence-electron chi connectivity index (χ0n) is 40.2. The molecule has 3 aliphatic rings. The summed E-state index contributed by atoms with van der Waals surface area (Å²) in [5.74, 6) is 1.61. The van der Waals surface area contributed by atoms with Gasteiger partial charge in [-0.25, -0.2) is 0 Å². The van der Waals surface area contributed by atoms with E-state index < -0.39 is 10.8 Å². The van der Waals surface area contributed by atoms with E-state index in [1.54, 1.807) is 14.2 Å². The number of nitrogens with zero attached hydrogens (tertiary/aromatic N) is 6. The van der Waals surface area contributed by atoms with Crippen molar-refractivity contribution in [3.05, 3.63) is 227 Å². The summed E-state index contributed by atoms with van der Waals surface area (Å²) in [5, 5.41) is 4.73. The van der Waals surface area contributed by atoms with Crippen LogP contribution in [0, 0.1) is 0 Å². The first-order valence-corrected chi connectivity index (χ1v) is 24.8. The SMILES string of the molecule is CCn1c2ccc3cc2c2cc(ccc21)[C@@]1(c2ccc(OC)cc2)c2cccnc2-c2ncc(cc21)-c1ccc2c(c1)c1cc(ccc1n2CC)[C@@]1(c2ccc(OC)cc2)c2cccnc2-c2ncc-3cc21. The van der Waals surface area contributed by atoms with Crippen molar-refractivity contribution in [1.29, 1.82) is 0 Å². The number of ether oxygens (including phenoxy) is 2. The Labute approximate surface area is 415 Å². The summed E-state index contributed by atoms with van der Waals surface area (Å²) >= 11 is 0. The van der Waals surface area contributed by atoms with E-state index in [1.807, 2.05) is 24.8 Å². The van der Waals surface area contributed by atoms with E-state index >= 15 is 0 Å². The molecule has 0 radical (unpaired) electrons. The minimum Gasteiger partial charge on any atom is -0.497 e. The molecule has 72 heavy (non-hydrogen) atoms. The zero-order chi connectivity index (χ0) is 48.0. The lowest BCUT2D eigenvalue weighted by atomic mass is 9.67. The van der Waals surface area contributed by atoms with Crippen molar-refractivity contribution in [2.24, 2.45) is 0 Å². The predicted molar refractivity (Wildman–Crippen MR) is 287 cm³/mol. The fourth-order valence-electron chi connectivity index (χ4n) is 13.3. The molecule has 12 bridgehead atoms. The third-order valence-corrected chi connectivity index (χ3v) is 16.4. The smallest absolute Gasteiger partial charge is 0.118 e. The highest BCUT2D eigenvalue weighted by molar-refractivity contribution is 6.11. The topological polar surface area (TPSA) is 79.9 Å². The Morgan fingerprint density at radius 1 is 0.375 bits per heavy atom. The standard InChI is InChI=1S/C64H46N6O2/c1-5-69-55-23-11-37-29-47(55)49-33-43(17-25-57(49)69)63(41-13-19-45(71-3)20-14-41)51-9-7-27-65-59(51)61-53(63)32-40(36-68-61)38-12-24-56-48(30-38)50-34-44(18-26-58(50)70(56)6-2)64(42-15-21-46(72-4)22-16-42)52-10-8-28-66-60(52)62-54(64)31-39(37)35-67-62/h7-36H,5-6H2,1-4H3/t63-,64-/m0/s1. The van der Waals surface area contributed by atoms with Crippen molar-refractivity contribution in [3.63, 3.8) is 0 Å². The van der Waals surface area contributed by atoms with Crippen LogP contribution in [0.3, 0.4) is 0 Å². The largest absolute Gasteiger partial charge is 0.497 e. The van der Waals surface area contributed by atoms with Crippen LogP contribution in [-0.4, -0.2) is 43.3 Å². The fourth-order valence-corrected chi connectivity index (χ4v) is 13.3. The molecule has 0 unspecified atom stereocenters. The van der Waals surface area contributed by atoms with Crippen LogP contribution in [0.5, 0.6) is 11.5 Å². The molecule has 0 N–H and O–H groups in total. The van der Waals surface area contributed by atoms with Crippen molar-refractivity contribution < 1.29 is 9.47 Å². The minimum absolute atomic E-state index is 0.767. The molecule has 0 spiro atoms. The summed E-state index contributed by atoms with van der Waals surface area (Å²) in [5.41, 5.74) is 19.9. The van der Waals surface area contributed by atoms with Gasteiger partial charge in [0.2, 0.25) is 0 Å². The molecule has 6 aromatic heterocycles. The average Bonchev–Trinajstić information content (AvgIpc) is 4.14. The average molecular weight is 931 g/mol. The number of aryl methyl sites for hydroxylation is 2. The molecule has 8 nitrogen and oxygen atoms in total. The molecule has 6 heterocycles. The molecular formula is C64H46N6O2. The van der Waals surface area contributed by atoms with Crippen LogP contribution in [0.1, 0.15) is 58.4 Å².